The molecule has 0 unspecified atom stereocenters. The first-order valence-electron chi connectivity index (χ1n) is 9.06. The molecular formula is C24H19IO5. The van der Waals surface area contributed by atoms with Crippen molar-refractivity contribution < 1.29 is 24.2 Å². The van der Waals surface area contributed by atoms with Crippen LogP contribution in [0.4, 0.5) is 0 Å². The van der Waals surface area contributed by atoms with E-state index in [9.17, 15) is 14.7 Å². The molecule has 3 aromatic rings. The topological polar surface area (TPSA) is 72.8 Å². The lowest BCUT2D eigenvalue weighted by molar-refractivity contribution is 0.104. The van der Waals surface area contributed by atoms with Gasteiger partial charge >= 0.3 is 0 Å². The lowest BCUT2D eigenvalue weighted by Crippen LogP contribution is -2.01. The van der Waals surface area contributed by atoms with Gasteiger partial charge in [-0.3, -0.25) is 9.59 Å². The lowest BCUT2D eigenvalue weighted by atomic mass is 10.1. The molecule has 30 heavy (non-hydrogen) atoms. The van der Waals surface area contributed by atoms with Gasteiger partial charge in [-0.05, 0) is 70.1 Å². The third-order valence-corrected chi connectivity index (χ3v) is 5.00. The summed E-state index contributed by atoms with van der Waals surface area (Å²) in [5.74, 6) is 0.308. The first-order chi connectivity index (χ1) is 14.5. The average molecular weight is 514 g/mol. The van der Waals surface area contributed by atoms with Crippen molar-refractivity contribution >= 4 is 40.7 Å². The van der Waals surface area contributed by atoms with Gasteiger partial charge in [-0.1, -0.05) is 36.4 Å². The van der Waals surface area contributed by atoms with Gasteiger partial charge in [-0.25, -0.2) is 0 Å². The molecule has 0 aliphatic rings. The van der Waals surface area contributed by atoms with Crippen LogP contribution in [0.5, 0.6) is 17.2 Å². The minimum absolute atomic E-state index is 0.0765. The standard InChI is InChI=1S/C24H19IO5/c1-29-23-12-17(7-10-21(27)20-9-8-19(25)13-22(20)28)11-18(14-26)24(23)30-15-16-5-3-2-4-6-16/h2-14,28H,15H2,1H3/b10-7+. The molecule has 0 aliphatic heterocycles. The molecule has 5 nitrogen and oxygen atoms in total. The number of hydrogen-bond acceptors (Lipinski definition) is 5. The quantitative estimate of drug-likeness (QED) is 0.191. The van der Waals surface area contributed by atoms with Crippen LogP contribution in [0.3, 0.4) is 0 Å². The summed E-state index contributed by atoms with van der Waals surface area (Å²) in [4.78, 5) is 24.0. The zero-order valence-corrected chi connectivity index (χ0v) is 18.3. The fraction of sp³-hybridized carbons (Fsp3) is 0.0833. The van der Waals surface area contributed by atoms with E-state index in [1.54, 1.807) is 30.3 Å². The molecule has 0 radical (unpaired) electrons. The van der Waals surface area contributed by atoms with E-state index in [-0.39, 0.29) is 23.7 Å². The van der Waals surface area contributed by atoms with E-state index in [1.165, 1.54) is 19.3 Å². The second-order valence-corrected chi connectivity index (χ2v) is 7.64. The maximum atomic E-state index is 12.4. The highest BCUT2D eigenvalue weighted by Crippen LogP contribution is 2.33. The minimum atomic E-state index is -0.347. The second-order valence-electron chi connectivity index (χ2n) is 6.39. The number of benzene rings is 3. The maximum absolute atomic E-state index is 12.4. The van der Waals surface area contributed by atoms with Gasteiger partial charge in [0.1, 0.15) is 12.4 Å². The molecule has 6 heteroatoms. The van der Waals surface area contributed by atoms with Gasteiger partial charge < -0.3 is 14.6 Å². The largest absolute Gasteiger partial charge is 0.507 e. The Hall–Kier alpha value is -3.13. The molecule has 0 heterocycles. The minimum Gasteiger partial charge on any atom is -0.507 e. The Morgan fingerprint density at radius 1 is 1.10 bits per heavy atom. The van der Waals surface area contributed by atoms with Crippen LogP contribution in [-0.4, -0.2) is 24.3 Å². The van der Waals surface area contributed by atoms with Crippen molar-refractivity contribution in [3.05, 3.63) is 92.6 Å². The number of aromatic hydroxyl groups is 1. The number of phenols is 1. The van der Waals surface area contributed by atoms with Crippen LogP contribution in [0.25, 0.3) is 6.08 Å². The molecular weight excluding hydrogens is 495 g/mol. The highest BCUT2D eigenvalue weighted by Gasteiger charge is 2.13. The normalized spacial score (nSPS) is 10.7. The van der Waals surface area contributed by atoms with Crippen molar-refractivity contribution in [2.75, 3.05) is 7.11 Å². The number of methoxy groups -OCH3 is 1. The lowest BCUT2D eigenvalue weighted by Gasteiger charge is -2.14. The Labute approximate surface area is 188 Å². The number of halogens is 1. The molecule has 0 atom stereocenters. The number of carbonyl (C=O) groups excluding carboxylic acids is 2. The number of hydrogen-bond donors (Lipinski definition) is 1. The molecule has 3 aromatic carbocycles. The van der Waals surface area contributed by atoms with Gasteiger partial charge in [0.05, 0.1) is 18.2 Å². The molecule has 0 aliphatic carbocycles. The van der Waals surface area contributed by atoms with Gasteiger partial charge in [-0.15, -0.1) is 0 Å². The Bertz CT molecular complexity index is 1090. The molecule has 0 bridgehead atoms. The van der Waals surface area contributed by atoms with Crippen LogP contribution in [0, 0.1) is 3.57 Å². The van der Waals surface area contributed by atoms with E-state index >= 15 is 0 Å². The fourth-order valence-electron chi connectivity index (χ4n) is 2.84. The third-order valence-electron chi connectivity index (χ3n) is 4.33. The number of ether oxygens (including phenoxy) is 2. The Balaban J connectivity index is 1.84. The number of phenolic OH excluding ortho intramolecular Hbond substituents is 1. The van der Waals surface area contributed by atoms with Gasteiger partial charge in [0.25, 0.3) is 0 Å². The molecule has 0 saturated carbocycles. The molecule has 0 saturated heterocycles. The number of rotatable bonds is 8. The predicted molar refractivity (Wildman–Crippen MR) is 123 cm³/mol. The summed E-state index contributed by atoms with van der Waals surface area (Å²) in [5, 5.41) is 9.97. The first kappa shape index (κ1) is 21.6. The van der Waals surface area contributed by atoms with E-state index in [0.717, 1.165) is 9.13 Å². The molecule has 0 aromatic heterocycles. The monoisotopic (exact) mass is 514 g/mol. The first-order valence-corrected chi connectivity index (χ1v) is 10.1. The average Bonchev–Trinajstić information content (AvgIpc) is 2.76. The summed E-state index contributed by atoms with van der Waals surface area (Å²) < 4.78 is 12.1. The highest BCUT2D eigenvalue weighted by atomic mass is 127. The van der Waals surface area contributed by atoms with E-state index in [2.05, 4.69) is 22.6 Å². The molecule has 1 N–H and O–H groups in total. The number of allylic oxidation sites excluding steroid dienone is 1. The number of ketones is 1. The fourth-order valence-corrected chi connectivity index (χ4v) is 3.32. The smallest absolute Gasteiger partial charge is 0.189 e. The summed E-state index contributed by atoms with van der Waals surface area (Å²) >= 11 is 2.06. The second kappa shape index (κ2) is 10.1. The molecule has 0 fully saturated rings. The Morgan fingerprint density at radius 3 is 2.53 bits per heavy atom. The highest BCUT2D eigenvalue weighted by molar-refractivity contribution is 14.1. The van der Waals surface area contributed by atoms with Crippen molar-refractivity contribution in [3.8, 4) is 17.2 Å². The zero-order chi connectivity index (χ0) is 21.5. The van der Waals surface area contributed by atoms with Crippen LogP contribution >= 0.6 is 22.6 Å². The van der Waals surface area contributed by atoms with Crippen LogP contribution < -0.4 is 9.47 Å². The van der Waals surface area contributed by atoms with E-state index in [4.69, 9.17) is 9.47 Å². The molecule has 0 spiro atoms. The molecule has 152 valence electrons. The van der Waals surface area contributed by atoms with Crippen LogP contribution in [-0.2, 0) is 6.61 Å². The number of carbonyl (C=O) groups is 2. The van der Waals surface area contributed by atoms with Crippen LogP contribution in [0.15, 0.2) is 66.7 Å². The van der Waals surface area contributed by atoms with E-state index < -0.39 is 0 Å². The third kappa shape index (κ3) is 5.27. The Kier molecular flexibility index (Phi) is 7.24. The van der Waals surface area contributed by atoms with E-state index in [1.807, 2.05) is 30.3 Å². The summed E-state index contributed by atoms with van der Waals surface area (Å²) in [6.45, 7) is 0.289. The summed E-state index contributed by atoms with van der Waals surface area (Å²) in [7, 11) is 1.49. The summed E-state index contributed by atoms with van der Waals surface area (Å²) in [6, 6.07) is 17.7. The molecule has 3 rings (SSSR count). The van der Waals surface area contributed by atoms with Crippen molar-refractivity contribution in [2.45, 2.75) is 6.61 Å². The maximum Gasteiger partial charge on any atom is 0.189 e. The Morgan fingerprint density at radius 2 is 1.87 bits per heavy atom. The van der Waals surface area contributed by atoms with Crippen molar-refractivity contribution in [1.82, 2.24) is 0 Å². The van der Waals surface area contributed by atoms with Gasteiger partial charge in [0.15, 0.2) is 23.6 Å². The molecule has 0 amide bonds. The van der Waals surface area contributed by atoms with Gasteiger partial charge in [0, 0.05) is 3.57 Å². The summed E-state index contributed by atoms with van der Waals surface area (Å²) in [6.07, 6.45) is 3.60. The van der Waals surface area contributed by atoms with E-state index in [0.29, 0.717) is 28.9 Å². The van der Waals surface area contributed by atoms with Crippen LogP contribution in [0.1, 0.15) is 31.8 Å². The van der Waals surface area contributed by atoms with Gasteiger partial charge in [-0.2, -0.15) is 0 Å². The SMILES string of the molecule is COc1cc(/C=C/C(=O)c2ccc(I)cc2O)cc(C=O)c1OCc1ccccc1. The zero-order valence-electron chi connectivity index (χ0n) is 16.2. The van der Waals surface area contributed by atoms with Crippen LogP contribution in [0.2, 0.25) is 0 Å². The van der Waals surface area contributed by atoms with Gasteiger partial charge in [0.2, 0.25) is 0 Å². The number of aldehydes is 1. The predicted octanol–water partition coefficient (Wildman–Crippen LogP) is 5.29. The van der Waals surface area contributed by atoms with Crippen molar-refractivity contribution in [3.63, 3.8) is 0 Å². The van der Waals surface area contributed by atoms with Crippen molar-refractivity contribution in [2.24, 2.45) is 0 Å². The van der Waals surface area contributed by atoms with Crippen molar-refractivity contribution in [1.29, 1.82) is 0 Å². The summed E-state index contributed by atoms with van der Waals surface area (Å²) in [5.41, 5.74) is 2.08.